The highest BCUT2D eigenvalue weighted by Gasteiger charge is 2.03. The SMILES string of the molecule is CCCOc1cccc(CN(CC)CCN)c1. The minimum Gasteiger partial charge on any atom is -0.494 e. The Morgan fingerprint density at radius 3 is 2.76 bits per heavy atom. The fourth-order valence-corrected chi connectivity index (χ4v) is 1.74. The molecule has 0 radical (unpaired) electrons. The van der Waals surface area contributed by atoms with Gasteiger partial charge in [0.2, 0.25) is 0 Å². The van der Waals surface area contributed by atoms with E-state index < -0.39 is 0 Å². The van der Waals surface area contributed by atoms with Gasteiger partial charge in [0.05, 0.1) is 6.61 Å². The van der Waals surface area contributed by atoms with Crippen LogP contribution in [0.3, 0.4) is 0 Å². The molecule has 1 aromatic rings. The van der Waals surface area contributed by atoms with Crippen LogP contribution in [0.4, 0.5) is 0 Å². The topological polar surface area (TPSA) is 38.5 Å². The Morgan fingerprint density at radius 1 is 1.29 bits per heavy atom. The molecule has 0 saturated heterocycles. The molecule has 0 spiro atoms. The smallest absolute Gasteiger partial charge is 0.119 e. The van der Waals surface area contributed by atoms with Gasteiger partial charge in [-0.25, -0.2) is 0 Å². The quantitative estimate of drug-likeness (QED) is 0.752. The predicted octanol–water partition coefficient (Wildman–Crippen LogP) is 2.26. The zero-order valence-corrected chi connectivity index (χ0v) is 11.0. The molecule has 1 aromatic carbocycles. The van der Waals surface area contributed by atoms with E-state index in [1.807, 2.05) is 6.07 Å². The second-order valence-electron chi connectivity index (χ2n) is 4.15. The molecule has 3 heteroatoms. The summed E-state index contributed by atoms with van der Waals surface area (Å²) in [6, 6.07) is 8.32. The summed E-state index contributed by atoms with van der Waals surface area (Å²) in [5.74, 6) is 0.966. The Morgan fingerprint density at radius 2 is 2.12 bits per heavy atom. The van der Waals surface area contributed by atoms with Crippen LogP contribution in [0.5, 0.6) is 5.75 Å². The van der Waals surface area contributed by atoms with Crippen molar-refractivity contribution in [1.82, 2.24) is 4.90 Å². The highest BCUT2D eigenvalue weighted by Crippen LogP contribution is 2.15. The summed E-state index contributed by atoms with van der Waals surface area (Å²) in [5.41, 5.74) is 6.87. The van der Waals surface area contributed by atoms with Gasteiger partial charge in [-0.2, -0.15) is 0 Å². The van der Waals surface area contributed by atoms with Gasteiger partial charge in [0.1, 0.15) is 5.75 Å². The summed E-state index contributed by atoms with van der Waals surface area (Å²) in [6.07, 6.45) is 1.04. The van der Waals surface area contributed by atoms with Gasteiger partial charge in [0.25, 0.3) is 0 Å². The van der Waals surface area contributed by atoms with E-state index in [2.05, 4.69) is 36.9 Å². The summed E-state index contributed by atoms with van der Waals surface area (Å²) in [6.45, 7) is 8.67. The van der Waals surface area contributed by atoms with Crippen LogP contribution >= 0.6 is 0 Å². The average molecular weight is 236 g/mol. The Kier molecular flexibility index (Phi) is 6.67. The van der Waals surface area contributed by atoms with Crippen LogP contribution in [-0.2, 0) is 6.54 Å². The number of likely N-dealkylation sites (N-methyl/N-ethyl adjacent to an activating group) is 1. The average Bonchev–Trinajstić information content (AvgIpc) is 2.36. The van der Waals surface area contributed by atoms with Crippen LogP contribution in [0.2, 0.25) is 0 Å². The van der Waals surface area contributed by atoms with Crippen molar-refractivity contribution in [2.24, 2.45) is 5.73 Å². The van der Waals surface area contributed by atoms with Gasteiger partial charge in [-0.1, -0.05) is 26.0 Å². The molecule has 17 heavy (non-hydrogen) atoms. The van der Waals surface area contributed by atoms with Gasteiger partial charge < -0.3 is 10.5 Å². The summed E-state index contributed by atoms with van der Waals surface area (Å²) in [5, 5.41) is 0. The van der Waals surface area contributed by atoms with E-state index in [1.54, 1.807) is 0 Å². The summed E-state index contributed by atoms with van der Waals surface area (Å²) in [7, 11) is 0. The molecule has 0 aliphatic carbocycles. The number of hydrogen-bond donors (Lipinski definition) is 1. The highest BCUT2D eigenvalue weighted by atomic mass is 16.5. The molecule has 0 unspecified atom stereocenters. The van der Waals surface area contributed by atoms with E-state index in [0.29, 0.717) is 6.54 Å². The lowest BCUT2D eigenvalue weighted by molar-refractivity contribution is 0.286. The molecule has 0 atom stereocenters. The van der Waals surface area contributed by atoms with E-state index in [1.165, 1.54) is 5.56 Å². The molecule has 0 fully saturated rings. The maximum atomic E-state index is 5.63. The van der Waals surface area contributed by atoms with Crippen LogP contribution in [0, 0.1) is 0 Å². The summed E-state index contributed by atoms with van der Waals surface area (Å²) in [4.78, 5) is 2.33. The summed E-state index contributed by atoms with van der Waals surface area (Å²) < 4.78 is 5.63. The second-order valence-corrected chi connectivity index (χ2v) is 4.15. The van der Waals surface area contributed by atoms with Gasteiger partial charge in [-0.15, -0.1) is 0 Å². The highest BCUT2D eigenvalue weighted by molar-refractivity contribution is 5.28. The van der Waals surface area contributed by atoms with Crippen LogP contribution in [0.25, 0.3) is 0 Å². The fourth-order valence-electron chi connectivity index (χ4n) is 1.74. The monoisotopic (exact) mass is 236 g/mol. The van der Waals surface area contributed by atoms with Crippen LogP contribution in [0.1, 0.15) is 25.8 Å². The number of rotatable bonds is 8. The van der Waals surface area contributed by atoms with Crippen molar-refractivity contribution < 1.29 is 4.74 Å². The minimum absolute atomic E-state index is 0.708. The van der Waals surface area contributed by atoms with Gasteiger partial charge in [0, 0.05) is 19.6 Å². The van der Waals surface area contributed by atoms with Gasteiger partial charge in [-0.05, 0) is 30.7 Å². The van der Waals surface area contributed by atoms with E-state index in [9.17, 15) is 0 Å². The fraction of sp³-hybridized carbons (Fsp3) is 0.571. The second kappa shape index (κ2) is 8.09. The Balaban J connectivity index is 2.57. The van der Waals surface area contributed by atoms with Gasteiger partial charge in [-0.3, -0.25) is 4.90 Å². The standard InChI is InChI=1S/C14H24N2O/c1-3-10-17-14-7-5-6-13(11-14)12-16(4-2)9-8-15/h5-7,11H,3-4,8-10,12,15H2,1-2H3. The molecule has 3 nitrogen and oxygen atoms in total. The maximum Gasteiger partial charge on any atom is 0.119 e. The van der Waals surface area contributed by atoms with Gasteiger partial charge >= 0.3 is 0 Å². The lowest BCUT2D eigenvalue weighted by Crippen LogP contribution is -2.28. The molecule has 0 heterocycles. The van der Waals surface area contributed by atoms with E-state index in [4.69, 9.17) is 10.5 Å². The zero-order valence-electron chi connectivity index (χ0n) is 11.0. The molecule has 0 aliphatic heterocycles. The number of hydrogen-bond acceptors (Lipinski definition) is 3. The largest absolute Gasteiger partial charge is 0.494 e. The number of benzene rings is 1. The minimum atomic E-state index is 0.708. The Hall–Kier alpha value is -1.06. The maximum absolute atomic E-state index is 5.63. The predicted molar refractivity (Wildman–Crippen MR) is 72.2 cm³/mol. The molecule has 1 rings (SSSR count). The van der Waals surface area contributed by atoms with Crippen molar-refractivity contribution in [2.45, 2.75) is 26.8 Å². The lowest BCUT2D eigenvalue weighted by Gasteiger charge is -2.19. The summed E-state index contributed by atoms with van der Waals surface area (Å²) >= 11 is 0. The van der Waals surface area contributed by atoms with Crippen molar-refractivity contribution >= 4 is 0 Å². The number of nitrogens with zero attached hydrogens (tertiary/aromatic N) is 1. The van der Waals surface area contributed by atoms with Crippen molar-refractivity contribution in [3.8, 4) is 5.75 Å². The van der Waals surface area contributed by atoms with E-state index in [-0.39, 0.29) is 0 Å². The molecule has 0 aliphatic rings. The van der Waals surface area contributed by atoms with Crippen molar-refractivity contribution in [2.75, 3.05) is 26.2 Å². The first kappa shape index (κ1) is 14.0. The molecule has 0 saturated carbocycles. The van der Waals surface area contributed by atoms with E-state index in [0.717, 1.165) is 38.4 Å². The van der Waals surface area contributed by atoms with Crippen molar-refractivity contribution in [3.05, 3.63) is 29.8 Å². The van der Waals surface area contributed by atoms with Crippen LogP contribution in [0.15, 0.2) is 24.3 Å². The molecular formula is C14H24N2O. The first-order valence-electron chi connectivity index (χ1n) is 6.44. The van der Waals surface area contributed by atoms with Crippen LogP contribution < -0.4 is 10.5 Å². The third-order valence-corrected chi connectivity index (χ3v) is 2.67. The Bertz CT molecular complexity index is 315. The normalized spacial score (nSPS) is 10.8. The van der Waals surface area contributed by atoms with Gasteiger partial charge in [0.15, 0.2) is 0 Å². The zero-order chi connectivity index (χ0) is 12.5. The number of ether oxygens (including phenoxy) is 1. The molecule has 0 aromatic heterocycles. The molecular weight excluding hydrogens is 212 g/mol. The first-order chi connectivity index (χ1) is 8.30. The third-order valence-electron chi connectivity index (χ3n) is 2.67. The number of nitrogens with two attached hydrogens (primary N) is 1. The van der Waals surface area contributed by atoms with Crippen molar-refractivity contribution in [3.63, 3.8) is 0 Å². The Labute approximate surface area is 105 Å². The molecule has 0 amide bonds. The third kappa shape index (κ3) is 5.20. The molecule has 96 valence electrons. The molecule has 0 bridgehead atoms. The van der Waals surface area contributed by atoms with Crippen LogP contribution in [-0.4, -0.2) is 31.1 Å². The van der Waals surface area contributed by atoms with E-state index >= 15 is 0 Å². The molecule has 2 N–H and O–H groups in total. The first-order valence-corrected chi connectivity index (χ1v) is 6.44. The van der Waals surface area contributed by atoms with Crippen molar-refractivity contribution in [1.29, 1.82) is 0 Å². The lowest BCUT2D eigenvalue weighted by atomic mass is 10.2.